The zero-order valence-corrected chi connectivity index (χ0v) is 7.06. The van der Waals surface area contributed by atoms with E-state index in [-0.39, 0.29) is 0 Å². The second-order valence-corrected chi connectivity index (χ2v) is 3.92. The molecule has 0 spiro atoms. The van der Waals surface area contributed by atoms with Crippen LogP contribution < -0.4 is 0 Å². The van der Waals surface area contributed by atoms with Gasteiger partial charge in [-0.1, -0.05) is 6.08 Å². The van der Waals surface area contributed by atoms with Gasteiger partial charge in [0.2, 0.25) is 0 Å². The number of aliphatic hydroxyl groups is 1. The first kappa shape index (κ1) is 7.00. The SMILES string of the molecule is CC1(O)C=Cc2scnc2C1. The summed E-state index contributed by atoms with van der Waals surface area (Å²) in [6.45, 7) is 1.80. The van der Waals surface area contributed by atoms with E-state index in [0.717, 1.165) is 5.69 Å². The Morgan fingerprint density at radius 2 is 2.55 bits per heavy atom. The van der Waals surface area contributed by atoms with E-state index < -0.39 is 5.60 Å². The number of nitrogens with zero attached hydrogens (tertiary/aromatic N) is 1. The van der Waals surface area contributed by atoms with E-state index >= 15 is 0 Å². The highest BCUT2D eigenvalue weighted by Gasteiger charge is 2.23. The van der Waals surface area contributed by atoms with Crippen molar-refractivity contribution in [1.82, 2.24) is 4.98 Å². The zero-order valence-electron chi connectivity index (χ0n) is 6.24. The smallest absolute Gasteiger partial charge is 0.0859 e. The first-order chi connectivity index (χ1) is 5.17. The molecule has 2 rings (SSSR count). The summed E-state index contributed by atoms with van der Waals surface area (Å²) in [5.74, 6) is 0. The maximum absolute atomic E-state index is 9.62. The molecule has 0 amide bonds. The Bertz CT molecular complexity index is 301. The van der Waals surface area contributed by atoms with Gasteiger partial charge in [-0.15, -0.1) is 11.3 Å². The third kappa shape index (κ3) is 1.21. The van der Waals surface area contributed by atoms with Crippen LogP contribution in [0.4, 0.5) is 0 Å². The number of hydrogen-bond acceptors (Lipinski definition) is 3. The van der Waals surface area contributed by atoms with Gasteiger partial charge in [0.25, 0.3) is 0 Å². The van der Waals surface area contributed by atoms with Crippen molar-refractivity contribution < 1.29 is 5.11 Å². The molecule has 1 atom stereocenters. The number of hydrogen-bond donors (Lipinski definition) is 1. The average molecular weight is 167 g/mol. The van der Waals surface area contributed by atoms with Crippen LogP contribution >= 0.6 is 11.3 Å². The Balaban J connectivity index is 2.44. The molecule has 0 radical (unpaired) electrons. The lowest BCUT2D eigenvalue weighted by molar-refractivity contribution is 0.111. The topological polar surface area (TPSA) is 33.1 Å². The van der Waals surface area contributed by atoms with E-state index in [9.17, 15) is 5.11 Å². The molecule has 3 heteroatoms. The fourth-order valence-electron chi connectivity index (χ4n) is 1.20. The van der Waals surface area contributed by atoms with Crippen molar-refractivity contribution in [3.8, 4) is 0 Å². The largest absolute Gasteiger partial charge is 0.386 e. The first-order valence-corrected chi connectivity index (χ1v) is 4.39. The molecule has 2 nitrogen and oxygen atoms in total. The Morgan fingerprint density at radius 3 is 3.36 bits per heavy atom. The summed E-state index contributed by atoms with van der Waals surface area (Å²) in [5.41, 5.74) is 2.14. The molecule has 0 fully saturated rings. The van der Waals surface area contributed by atoms with Crippen LogP contribution in [0.25, 0.3) is 6.08 Å². The number of aromatic nitrogens is 1. The quantitative estimate of drug-likeness (QED) is 0.634. The first-order valence-electron chi connectivity index (χ1n) is 3.51. The van der Waals surface area contributed by atoms with E-state index in [0.29, 0.717) is 6.42 Å². The van der Waals surface area contributed by atoms with E-state index in [4.69, 9.17) is 0 Å². The molecule has 0 bridgehead atoms. The highest BCUT2D eigenvalue weighted by Crippen LogP contribution is 2.26. The minimum Gasteiger partial charge on any atom is -0.386 e. The van der Waals surface area contributed by atoms with Crippen molar-refractivity contribution in [3.63, 3.8) is 0 Å². The normalized spacial score (nSPS) is 28.5. The fraction of sp³-hybridized carbons (Fsp3) is 0.375. The lowest BCUT2D eigenvalue weighted by Gasteiger charge is -2.21. The van der Waals surface area contributed by atoms with Gasteiger partial charge in [-0.25, -0.2) is 4.98 Å². The predicted octanol–water partition coefficient (Wildman–Crippen LogP) is 1.46. The molecule has 11 heavy (non-hydrogen) atoms. The summed E-state index contributed by atoms with van der Waals surface area (Å²) in [7, 11) is 0. The van der Waals surface area contributed by atoms with Crippen molar-refractivity contribution in [2.45, 2.75) is 18.9 Å². The van der Waals surface area contributed by atoms with Crippen LogP contribution in [0.5, 0.6) is 0 Å². The summed E-state index contributed by atoms with van der Waals surface area (Å²) in [6, 6.07) is 0. The second-order valence-electron chi connectivity index (χ2n) is 3.03. The van der Waals surface area contributed by atoms with Gasteiger partial charge < -0.3 is 5.11 Å². The van der Waals surface area contributed by atoms with Crippen LogP contribution in [0.1, 0.15) is 17.5 Å². The lowest BCUT2D eigenvalue weighted by Crippen LogP contribution is -2.26. The Morgan fingerprint density at radius 1 is 1.73 bits per heavy atom. The Hall–Kier alpha value is -0.670. The molecule has 1 aromatic rings. The molecular formula is C8H9NOS. The lowest BCUT2D eigenvalue weighted by atomic mass is 9.95. The van der Waals surface area contributed by atoms with E-state index in [2.05, 4.69) is 4.98 Å². The van der Waals surface area contributed by atoms with Crippen LogP contribution in [-0.4, -0.2) is 15.7 Å². The highest BCUT2D eigenvalue weighted by molar-refractivity contribution is 7.10. The van der Waals surface area contributed by atoms with E-state index in [1.54, 1.807) is 18.3 Å². The van der Waals surface area contributed by atoms with E-state index in [1.165, 1.54) is 4.88 Å². The summed E-state index contributed by atoms with van der Waals surface area (Å²) >= 11 is 1.62. The molecule has 0 saturated carbocycles. The highest BCUT2D eigenvalue weighted by atomic mass is 32.1. The third-order valence-corrected chi connectivity index (χ3v) is 2.63. The second kappa shape index (κ2) is 2.16. The van der Waals surface area contributed by atoms with Crippen molar-refractivity contribution in [2.75, 3.05) is 0 Å². The third-order valence-electron chi connectivity index (χ3n) is 1.79. The van der Waals surface area contributed by atoms with Crippen LogP contribution in [0.15, 0.2) is 11.6 Å². The van der Waals surface area contributed by atoms with Gasteiger partial charge >= 0.3 is 0 Å². The summed E-state index contributed by atoms with van der Waals surface area (Å²) in [4.78, 5) is 5.34. The summed E-state index contributed by atoms with van der Waals surface area (Å²) in [6.07, 6.45) is 4.41. The van der Waals surface area contributed by atoms with Crippen LogP contribution in [0, 0.1) is 0 Å². The summed E-state index contributed by atoms with van der Waals surface area (Å²) < 4.78 is 0. The maximum atomic E-state index is 9.62. The van der Waals surface area contributed by atoms with Gasteiger partial charge in [0.15, 0.2) is 0 Å². The number of rotatable bonds is 0. The molecule has 1 aliphatic carbocycles. The zero-order chi connectivity index (χ0) is 7.90. The average Bonchev–Trinajstić information content (AvgIpc) is 2.31. The minimum absolute atomic E-state index is 0.641. The standard InChI is InChI=1S/C8H9NOS/c1-8(10)3-2-7-6(4-8)9-5-11-7/h2-3,5,10H,4H2,1H3. The van der Waals surface area contributed by atoms with Crippen LogP contribution in [0.2, 0.25) is 0 Å². The fourth-order valence-corrected chi connectivity index (χ4v) is 1.90. The number of fused-ring (bicyclic) bond motifs is 1. The molecule has 1 aliphatic rings. The maximum Gasteiger partial charge on any atom is 0.0859 e. The molecule has 1 heterocycles. The monoisotopic (exact) mass is 167 g/mol. The molecule has 1 aromatic heterocycles. The molecule has 58 valence electrons. The van der Waals surface area contributed by atoms with Gasteiger partial charge in [-0.05, 0) is 13.0 Å². The van der Waals surface area contributed by atoms with Crippen molar-refractivity contribution in [3.05, 3.63) is 22.2 Å². The van der Waals surface area contributed by atoms with E-state index in [1.807, 2.05) is 17.7 Å². The van der Waals surface area contributed by atoms with Crippen LogP contribution in [0.3, 0.4) is 0 Å². The van der Waals surface area contributed by atoms with Gasteiger partial charge in [0, 0.05) is 6.42 Å². The van der Waals surface area contributed by atoms with Gasteiger partial charge in [-0.2, -0.15) is 0 Å². The van der Waals surface area contributed by atoms with Gasteiger partial charge in [0.05, 0.1) is 21.7 Å². The minimum atomic E-state index is -0.693. The number of thiazole rings is 1. The molecule has 1 N–H and O–H groups in total. The molecule has 1 unspecified atom stereocenters. The van der Waals surface area contributed by atoms with Crippen molar-refractivity contribution in [2.24, 2.45) is 0 Å². The summed E-state index contributed by atoms with van der Waals surface area (Å²) in [5, 5.41) is 9.62. The molecule has 0 aromatic carbocycles. The molecule has 0 aliphatic heterocycles. The molecule has 0 saturated heterocycles. The van der Waals surface area contributed by atoms with Crippen molar-refractivity contribution in [1.29, 1.82) is 0 Å². The van der Waals surface area contributed by atoms with Crippen molar-refractivity contribution >= 4 is 17.4 Å². The Labute approximate surface area is 69.2 Å². The van der Waals surface area contributed by atoms with Gasteiger partial charge in [-0.3, -0.25) is 0 Å². The Kier molecular flexibility index (Phi) is 1.37. The molecular weight excluding hydrogens is 158 g/mol. The predicted molar refractivity (Wildman–Crippen MR) is 45.5 cm³/mol. The van der Waals surface area contributed by atoms with Crippen LogP contribution in [-0.2, 0) is 6.42 Å². The van der Waals surface area contributed by atoms with Gasteiger partial charge in [0.1, 0.15) is 0 Å².